The number of carboxylic acids is 1. The third-order valence-electron chi connectivity index (χ3n) is 2.57. The molecule has 2 rings (SSSR count). The summed E-state index contributed by atoms with van der Waals surface area (Å²) >= 11 is 1.22. The molecule has 4 nitrogen and oxygen atoms in total. The number of pyridine rings is 1. The Kier molecular flexibility index (Phi) is 4.04. The van der Waals surface area contributed by atoms with E-state index in [0.29, 0.717) is 10.6 Å². The monoisotopic (exact) mass is 262 g/mol. The number of aromatic carboxylic acids is 1. The van der Waals surface area contributed by atoms with Gasteiger partial charge in [-0.2, -0.15) is 0 Å². The maximum Gasteiger partial charge on any atom is 0.347 e. The Morgan fingerprint density at radius 1 is 1.50 bits per heavy atom. The predicted molar refractivity (Wildman–Crippen MR) is 70.9 cm³/mol. The average molecular weight is 262 g/mol. The first-order valence-electron chi connectivity index (χ1n) is 5.85. The second-order valence-corrected chi connectivity index (χ2v) is 4.94. The zero-order chi connectivity index (χ0) is 13.0. The fourth-order valence-corrected chi connectivity index (χ4v) is 2.59. The topological polar surface area (TPSA) is 63.1 Å². The highest BCUT2D eigenvalue weighted by Gasteiger charge is 2.17. The molecule has 0 saturated carbocycles. The molecular formula is C13H14N2O2S. The number of aromatic nitrogens is 2. The van der Waals surface area contributed by atoms with Gasteiger partial charge in [0.2, 0.25) is 0 Å². The SMILES string of the molecule is CCCCc1nc(-c2cccnc2)sc1C(=O)O. The molecule has 0 aliphatic rings. The largest absolute Gasteiger partial charge is 0.477 e. The van der Waals surface area contributed by atoms with E-state index in [1.54, 1.807) is 12.4 Å². The van der Waals surface area contributed by atoms with Crippen molar-refractivity contribution in [2.24, 2.45) is 0 Å². The van der Waals surface area contributed by atoms with E-state index in [1.807, 2.05) is 12.1 Å². The second kappa shape index (κ2) is 5.73. The van der Waals surface area contributed by atoms with Crippen LogP contribution in [0.25, 0.3) is 10.6 Å². The number of carbonyl (C=O) groups is 1. The van der Waals surface area contributed by atoms with Crippen molar-refractivity contribution in [1.29, 1.82) is 0 Å². The maximum atomic E-state index is 11.2. The van der Waals surface area contributed by atoms with Crippen molar-refractivity contribution >= 4 is 17.3 Å². The van der Waals surface area contributed by atoms with Gasteiger partial charge in [0.15, 0.2) is 0 Å². The summed E-state index contributed by atoms with van der Waals surface area (Å²) in [4.78, 5) is 20.0. The first-order chi connectivity index (χ1) is 8.72. The van der Waals surface area contributed by atoms with E-state index in [0.717, 1.165) is 29.8 Å². The van der Waals surface area contributed by atoms with Crippen LogP contribution in [0.5, 0.6) is 0 Å². The zero-order valence-corrected chi connectivity index (χ0v) is 10.9. The molecule has 0 bridgehead atoms. The van der Waals surface area contributed by atoms with Crippen molar-refractivity contribution in [3.63, 3.8) is 0 Å². The van der Waals surface area contributed by atoms with Gasteiger partial charge in [-0.1, -0.05) is 13.3 Å². The zero-order valence-electron chi connectivity index (χ0n) is 10.1. The van der Waals surface area contributed by atoms with E-state index in [2.05, 4.69) is 16.9 Å². The molecule has 18 heavy (non-hydrogen) atoms. The quantitative estimate of drug-likeness (QED) is 0.898. The van der Waals surface area contributed by atoms with Crippen LogP contribution in [0.4, 0.5) is 0 Å². The van der Waals surface area contributed by atoms with E-state index in [-0.39, 0.29) is 0 Å². The van der Waals surface area contributed by atoms with Crippen molar-refractivity contribution in [2.75, 3.05) is 0 Å². The molecule has 0 aliphatic carbocycles. The molecule has 0 amide bonds. The predicted octanol–water partition coefficient (Wildman–Crippen LogP) is 3.25. The number of nitrogens with zero attached hydrogens (tertiary/aromatic N) is 2. The summed E-state index contributed by atoms with van der Waals surface area (Å²) in [6, 6.07) is 3.71. The van der Waals surface area contributed by atoms with Gasteiger partial charge in [-0.15, -0.1) is 11.3 Å². The van der Waals surface area contributed by atoms with Gasteiger partial charge < -0.3 is 5.11 Å². The first kappa shape index (κ1) is 12.7. The highest BCUT2D eigenvalue weighted by molar-refractivity contribution is 7.17. The van der Waals surface area contributed by atoms with Gasteiger partial charge in [0.05, 0.1) is 5.69 Å². The summed E-state index contributed by atoms with van der Waals surface area (Å²) in [6.45, 7) is 2.08. The molecule has 0 radical (unpaired) electrons. The summed E-state index contributed by atoms with van der Waals surface area (Å²) in [5.74, 6) is -0.895. The molecule has 0 unspecified atom stereocenters. The number of unbranched alkanes of at least 4 members (excludes halogenated alkanes) is 1. The maximum absolute atomic E-state index is 11.2. The second-order valence-electron chi connectivity index (χ2n) is 3.95. The molecule has 0 atom stereocenters. The van der Waals surface area contributed by atoms with E-state index in [9.17, 15) is 9.90 Å². The van der Waals surface area contributed by atoms with E-state index in [1.165, 1.54) is 11.3 Å². The van der Waals surface area contributed by atoms with Gasteiger partial charge in [0.1, 0.15) is 9.88 Å². The van der Waals surface area contributed by atoms with Gasteiger partial charge in [-0.05, 0) is 25.0 Å². The fraction of sp³-hybridized carbons (Fsp3) is 0.308. The highest BCUT2D eigenvalue weighted by Crippen LogP contribution is 2.28. The summed E-state index contributed by atoms with van der Waals surface area (Å²) < 4.78 is 0. The number of thiazole rings is 1. The standard InChI is InChI=1S/C13H14N2O2S/c1-2-3-6-10-11(13(16)17)18-12(15-10)9-5-4-7-14-8-9/h4-5,7-8H,2-3,6H2,1H3,(H,16,17). The molecule has 2 aromatic heterocycles. The van der Waals surface area contributed by atoms with E-state index >= 15 is 0 Å². The van der Waals surface area contributed by atoms with Crippen LogP contribution in [-0.2, 0) is 6.42 Å². The van der Waals surface area contributed by atoms with Gasteiger partial charge >= 0.3 is 5.97 Å². The van der Waals surface area contributed by atoms with Crippen LogP contribution in [0.3, 0.4) is 0 Å². The van der Waals surface area contributed by atoms with E-state index < -0.39 is 5.97 Å². The molecular weight excluding hydrogens is 248 g/mol. The Labute approximate surface area is 109 Å². The van der Waals surface area contributed by atoms with Gasteiger partial charge in [-0.25, -0.2) is 9.78 Å². The van der Waals surface area contributed by atoms with E-state index in [4.69, 9.17) is 0 Å². The summed E-state index contributed by atoms with van der Waals surface area (Å²) in [5, 5.41) is 9.91. The van der Waals surface area contributed by atoms with Crippen LogP contribution in [0.15, 0.2) is 24.5 Å². The van der Waals surface area contributed by atoms with Gasteiger partial charge in [0.25, 0.3) is 0 Å². The molecule has 94 valence electrons. The summed E-state index contributed by atoms with van der Waals surface area (Å²) in [7, 11) is 0. The number of carboxylic acid groups (broad SMARTS) is 1. The van der Waals surface area contributed by atoms with Crippen molar-refractivity contribution < 1.29 is 9.90 Å². The van der Waals surface area contributed by atoms with Crippen LogP contribution in [0.2, 0.25) is 0 Å². The van der Waals surface area contributed by atoms with Crippen molar-refractivity contribution in [1.82, 2.24) is 9.97 Å². The number of hydrogen-bond acceptors (Lipinski definition) is 4. The Bertz CT molecular complexity index is 537. The minimum atomic E-state index is -0.895. The smallest absolute Gasteiger partial charge is 0.347 e. The van der Waals surface area contributed by atoms with Crippen molar-refractivity contribution in [2.45, 2.75) is 26.2 Å². The third kappa shape index (κ3) is 2.73. The molecule has 0 spiro atoms. The lowest BCUT2D eigenvalue weighted by molar-refractivity contribution is 0.0700. The Morgan fingerprint density at radius 2 is 2.33 bits per heavy atom. The van der Waals surface area contributed by atoms with Crippen molar-refractivity contribution in [3.05, 3.63) is 35.1 Å². The molecule has 2 aromatic rings. The minimum absolute atomic E-state index is 0.349. The first-order valence-corrected chi connectivity index (χ1v) is 6.67. The van der Waals surface area contributed by atoms with Crippen LogP contribution in [0.1, 0.15) is 35.1 Å². The van der Waals surface area contributed by atoms with Crippen LogP contribution in [0, 0.1) is 0 Å². The lowest BCUT2D eigenvalue weighted by atomic mass is 10.2. The van der Waals surface area contributed by atoms with Crippen LogP contribution >= 0.6 is 11.3 Å². The Morgan fingerprint density at radius 3 is 2.94 bits per heavy atom. The normalized spacial score (nSPS) is 10.5. The van der Waals surface area contributed by atoms with Gasteiger partial charge in [-0.3, -0.25) is 4.98 Å². The van der Waals surface area contributed by atoms with Crippen LogP contribution in [-0.4, -0.2) is 21.0 Å². The van der Waals surface area contributed by atoms with Crippen molar-refractivity contribution in [3.8, 4) is 10.6 Å². The number of rotatable bonds is 5. The number of aryl methyl sites for hydroxylation is 1. The minimum Gasteiger partial charge on any atom is -0.477 e. The van der Waals surface area contributed by atoms with Gasteiger partial charge in [0, 0.05) is 18.0 Å². The Balaban J connectivity index is 2.36. The summed E-state index contributed by atoms with van der Waals surface area (Å²) in [6.07, 6.45) is 6.09. The molecule has 1 N–H and O–H groups in total. The fourth-order valence-electron chi connectivity index (χ4n) is 1.65. The highest BCUT2D eigenvalue weighted by atomic mass is 32.1. The molecule has 0 aromatic carbocycles. The number of hydrogen-bond donors (Lipinski definition) is 1. The summed E-state index contributed by atoms with van der Waals surface area (Å²) in [5.41, 5.74) is 1.56. The molecule has 0 fully saturated rings. The Hall–Kier alpha value is -1.75. The third-order valence-corrected chi connectivity index (χ3v) is 3.70. The lowest BCUT2D eigenvalue weighted by Gasteiger charge is -1.95. The average Bonchev–Trinajstić information content (AvgIpc) is 2.81. The molecule has 2 heterocycles. The lowest BCUT2D eigenvalue weighted by Crippen LogP contribution is -1.98. The molecule has 0 saturated heterocycles. The molecule has 0 aliphatic heterocycles. The molecule has 5 heteroatoms. The van der Waals surface area contributed by atoms with Crippen LogP contribution < -0.4 is 0 Å².